The second-order valence-electron chi connectivity index (χ2n) is 4.11. The second kappa shape index (κ2) is 4.99. The van der Waals surface area contributed by atoms with E-state index in [1.54, 1.807) is 7.05 Å². The monoisotopic (exact) mass is 248 g/mol. The number of anilines is 1. The normalized spacial score (nSPS) is 10.6. The van der Waals surface area contributed by atoms with E-state index in [-0.39, 0.29) is 5.69 Å². The van der Waals surface area contributed by atoms with E-state index in [0.717, 1.165) is 22.9 Å². The average molecular weight is 248 g/mol. The summed E-state index contributed by atoms with van der Waals surface area (Å²) < 4.78 is 1.50. The van der Waals surface area contributed by atoms with E-state index in [0.29, 0.717) is 13.0 Å². The van der Waals surface area contributed by atoms with E-state index in [2.05, 4.69) is 25.5 Å². The molecule has 0 fully saturated rings. The van der Waals surface area contributed by atoms with Crippen LogP contribution in [-0.2, 0) is 13.5 Å². The summed E-state index contributed by atoms with van der Waals surface area (Å²) in [5, 5.41) is 9.57. The quantitative estimate of drug-likeness (QED) is 0.805. The van der Waals surface area contributed by atoms with Crippen LogP contribution in [0.15, 0.2) is 11.1 Å². The van der Waals surface area contributed by atoms with Gasteiger partial charge in [0.25, 0.3) is 0 Å². The van der Waals surface area contributed by atoms with Crippen molar-refractivity contribution in [3.8, 4) is 0 Å². The van der Waals surface area contributed by atoms with Gasteiger partial charge in [-0.05, 0) is 13.8 Å². The van der Waals surface area contributed by atoms with Crippen molar-refractivity contribution in [2.24, 2.45) is 7.05 Å². The van der Waals surface area contributed by atoms with Crippen LogP contribution in [0, 0.1) is 13.8 Å². The number of hydrogen-bond donors (Lipinski definition) is 2. The topological polar surface area (TPSA) is 88.5 Å². The van der Waals surface area contributed by atoms with Crippen molar-refractivity contribution in [3.05, 3.63) is 33.9 Å². The van der Waals surface area contributed by atoms with Gasteiger partial charge in [-0.15, -0.1) is 0 Å². The Morgan fingerprint density at radius 1 is 1.39 bits per heavy atom. The van der Waals surface area contributed by atoms with Crippen molar-refractivity contribution in [3.63, 3.8) is 0 Å². The molecule has 18 heavy (non-hydrogen) atoms. The molecule has 0 unspecified atom stereocenters. The van der Waals surface area contributed by atoms with Crippen LogP contribution < -0.4 is 11.0 Å². The number of rotatable bonds is 4. The number of nitrogens with zero attached hydrogens (tertiary/aromatic N) is 4. The molecule has 2 rings (SSSR count). The third-order valence-electron chi connectivity index (χ3n) is 2.95. The Balaban J connectivity index is 1.99. The number of aryl methyl sites for hydroxylation is 1. The molecule has 0 saturated carbocycles. The molecule has 0 amide bonds. The van der Waals surface area contributed by atoms with Gasteiger partial charge in [0.2, 0.25) is 0 Å². The first-order chi connectivity index (χ1) is 8.59. The first-order valence-electron chi connectivity index (χ1n) is 5.72. The number of nitrogens with one attached hydrogen (secondary N) is 2. The van der Waals surface area contributed by atoms with Crippen LogP contribution in [0.25, 0.3) is 0 Å². The van der Waals surface area contributed by atoms with Gasteiger partial charge in [0, 0.05) is 31.3 Å². The summed E-state index contributed by atoms with van der Waals surface area (Å²) in [6, 6.07) is 0. The molecule has 0 aliphatic rings. The van der Waals surface area contributed by atoms with Gasteiger partial charge in [-0.2, -0.15) is 5.10 Å². The van der Waals surface area contributed by atoms with Crippen molar-refractivity contribution in [1.29, 1.82) is 0 Å². The molecule has 0 radical (unpaired) electrons. The lowest BCUT2D eigenvalue weighted by atomic mass is 10.2. The van der Waals surface area contributed by atoms with E-state index >= 15 is 0 Å². The fourth-order valence-electron chi connectivity index (χ4n) is 1.61. The van der Waals surface area contributed by atoms with E-state index in [4.69, 9.17) is 0 Å². The number of hydrogen-bond acceptors (Lipinski definition) is 5. The zero-order valence-corrected chi connectivity index (χ0v) is 10.7. The van der Waals surface area contributed by atoms with Gasteiger partial charge in [-0.25, -0.2) is 19.9 Å². The van der Waals surface area contributed by atoms with Crippen LogP contribution >= 0.6 is 0 Å². The smallest absolute Gasteiger partial charge is 0.343 e. The summed E-state index contributed by atoms with van der Waals surface area (Å²) in [5.74, 6) is 1.54. The van der Waals surface area contributed by atoms with E-state index < -0.39 is 0 Å². The number of H-pyrrole nitrogens is 1. The summed E-state index contributed by atoms with van der Waals surface area (Å²) in [4.78, 5) is 19.5. The Kier molecular flexibility index (Phi) is 3.40. The third-order valence-corrected chi connectivity index (χ3v) is 2.95. The summed E-state index contributed by atoms with van der Waals surface area (Å²) in [6.45, 7) is 4.58. The first kappa shape index (κ1) is 12.3. The van der Waals surface area contributed by atoms with Gasteiger partial charge >= 0.3 is 5.69 Å². The lowest BCUT2D eigenvalue weighted by Gasteiger charge is -2.08. The maximum atomic E-state index is 11.2. The minimum atomic E-state index is -0.195. The standard InChI is InChI=1S/C11H16N6O/c1-7-8(2)13-6-14-10(7)12-5-4-9-15-16-11(18)17(9)3/h6H,4-5H2,1-3H3,(H,16,18)(H,12,13,14). The van der Waals surface area contributed by atoms with Gasteiger partial charge in [-0.1, -0.05) is 0 Å². The Morgan fingerprint density at radius 3 is 2.83 bits per heavy atom. The molecular formula is C11H16N6O. The maximum Gasteiger partial charge on any atom is 0.343 e. The minimum absolute atomic E-state index is 0.195. The van der Waals surface area contributed by atoms with E-state index in [1.165, 1.54) is 10.9 Å². The molecule has 7 heteroatoms. The van der Waals surface area contributed by atoms with Crippen LogP contribution in [-0.4, -0.2) is 31.3 Å². The molecule has 7 nitrogen and oxygen atoms in total. The second-order valence-corrected chi connectivity index (χ2v) is 4.11. The first-order valence-corrected chi connectivity index (χ1v) is 5.72. The molecular weight excluding hydrogens is 232 g/mol. The van der Waals surface area contributed by atoms with Crippen molar-refractivity contribution in [1.82, 2.24) is 24.7 Å². The van der Waals surface area contributed by atoms with Crippen molar-refractivity contribution >= 4 is 5.82 Å². The summed E-state index contributed by atoms with van der Waals surface area (Å²) in [7, 11) is 1.70. The number of aromatic nitrogens is 5. The van der Waals surface area contributed by atoms with Crippen LogP contribution in [0.3, 0.4) is 0 Å². The Morgan fingerprint density at radius 2 is 2.17 bits per heavy atom. The molecule has 0 atom stereocenters. The highest BCUT2D eigenvalue weighted by Crippen LogP contribution is 2.12. The Hall–Kier alpha value is -2.18. The van der Waals surface area contributed by atoms with Crippen molar-refractivity contribution < 1.29 is 0 Å². The maximum absolute atomic E-state index is 11.2. The predicted octanol–water partition coefficient (Wildman–Crippen LogP) is 0.170. The van der Waals surface area contributed by atoms with Gasteiger partial charge in [0.15, 0.2) is 0 Å². The Labute approximate surface area is 104 Å². The summed E-state index contributed by atoms with van der Waals surface area (Å²) >= 11 is 0. The number of aromatic amines is 1. The van der Waals surface area contributed by atoms with Gasteiger partial charge in [-0.3, -0.25) is 4.57 Å². The summed E-state index contributed by atoms with van der Waals surface area (Å²) in [6.07, 6.45) is 2.19. The molecule has 2 N–H and O–H groups in total. The van der Waals surface area contributed by atoms with Gasteiger partial charge in [0.1, 0.15) is 18.0 Å². The molecule has 2 aromatic heterocycles. The largest absolute Gasteiger partial charge is 0.369 e. The highest BCUT2D eigenvalue weighted by molar-refractivity contribution is 5.44. The highest BCUT2D eigenvalue weighted by Gasteiger charge is 2.05. The van der Waals surface area contributed by atoms with Crippen LogP contribution in [0.5, 0.6) is 0 Å². The zero-order valence-electron chi connectivity index (χ0n) is 10.7. The molecule has 0 spiro atoms. The molecule has 96 valence electrons. The van der Waals surface area contributed by atoms with Crippen LogP contribution in [0.2, 0.25) is 0 Å². The van der Waals surface area contributed by atoms with Gasteiger partial charge < -0.3 is 5.32 Å². The fourth-order valence-corrected chi connectivity index (χ4v) is 1.61. The average Bonchev–Trinajstić information content (AvgIpc) is 2.66. The van der Waals surface area contributed by atoms with Crippen molar-refractivity contribution in [2.75, 3.05) is 11.9 Å². The summed E-state index contributed by atoms with van der Waals surface area (Å²) in [5.41, 5.74) is 1.80. The zero-order chi connectivity index (χ0) is 13.1. The lowest BCUT2D eigenvalue weighted by Crippen LogP contribution is -2.17. The van der Waals surface area contributed by atoms with Crippen LogP contribution in [0.1, 0.15) is 17.1 Å². The van der Waals surface area contributed by atoms with Crippen LogP contribution in [0.4, 0.5) is 5.82 Å². The molecule has 2 aromatic rings. The van der Waals surface area contributed by atoms with E-state index in [1.807, 2.05) is 13.8 Å². The Bertz CT molecular complexity index is 600. The minimum Gasteiger partial charge on any atom is -0.369 e. The molecule has 0 aliphatic heterocycles. The predicted molar refractivity (Wildman–Crippen MR) is 67.5 cm³/mol. The SMILES string of the molecule is Cc1ncnc(NCCc2n[nH]c(=O)n2C)c1C. The molecule has 0 saturated heterocycles. The third kappa shape index (κ3) is 2.39. The molecule has 0 aromatic carbocycles. The highest BCUT2D eigenvalue weighted by atomic mass is 16.1. The van der Waals surface area contributed by atoms with Gasteiger partial charge in [0.05, 0.1) is 0 Å². The van der Waals surface area contributed by atoms with Crippen molar-refractivity contribution in [2.45, 2.75) is 20.3 Å². The van der Waals surface area contributed by atoms with E-state index in [9.17, 15) is 4.79 Å². The molecule has 2 heterocycles. The lowest BCUT2D eigenvalue weighted by molar-refractivity contribution is 0.769. The fraction of sp³-hybridized carbons (Fsp3) is 0.455. The molecule has 0 aliphatic carbocycles. The molecule has 0 bridgehead atoms.